The fourth-order valence-electron chi connectivity index (χ4n) is 2.20. The molecule has 2 rings (SSSR count). The van der Waals surface area contributed by atoms with E-state index in [0.717, 1.165) is 12.1 Å². The van der Waals surface area contributed by atoms with Gasteiger partial charge in [-0.15, -0.1) is 0 Å². The first-order valence-corrected chi connectivity index (χ1v) is 5.92. The van der Waals surface area contributed by atoms with Gasteiger partial charge in [-0.2, -0.15) is 26.3 Å². The third-order valence-electron chi connectivity index (χ3n) is 3.16. The maximum atomic E-state index is 13.3. The van der Waals surface area contributed by atoms with Crippen LogP contribution in [-0.4, -0.2) is 34.9 Å². The molecule has 0 spiro atoms. The van der Waals surface area contributed by atoms with Gasteiger partial charge in [0.15, 0.2) is 0 Å². The van der Waals surface area contributed by atoms with Gasteiger partial charge in [-0.05, 0) is 19.1 Å². The fraction of sp³-hybridized carbons (Fsp3) is 0.417. The third kappa shape index (κ3) is 2.58. The van der Waals surface area contributed by atoms with Crippen molar-refractivity contribution in [2.24, 2.45) is 0 Å². The van der Waals surface area contributed by atoms with Gasteiger partial charge < -0.3 is 10.4 Å². The maximum absolute atomic E-state index is 13.3. The Morgan fingerprint density at radius 3 is 2.32 bits per heavy atom. The van der Waals surface area contributed by atoms with Gasteiger partial charge in [-0.3, -0.25) is 4.90 Å². The SMILES string of the molecule is Cc1ccc2c(c1)C(O)(C(F)(F)F)N(CC(F)(F)F)C(=O)N2. The Morgan fingerprint density at radius 1 is 1.23 bits per heavy atom. The highest BCUT2D eigenvalue weighted by Crippen LogP contribution is 2.48. The second-order valence-corrected chi connectivity index (χ2v) is 4.85. The summed E-state index contributed by atoms with van der Waals surface area (Å²) in [7, 11) is 0. The van der Waals surface area contributed by atoms with Crippen LogP contribution in [-0.2, 0) is 5.72 Å². The van der Waals surface area contributed by atoms with E-state index in [-0.39, 0.29) is 5.56 Å². The van der Waals surface area contributed by atoms with Crippen molar-refractivity contribution < 1.29 is 36.2 Å². The Bertz CT molecular complexity index is 613. The number of carbonyl (C=O) groups is 1. The summed E-state index contributed by atoms with van der Waals surface area (Å²) >= 11 is 0. The average Bonchev–Trinajstić information content (AvgIpc) is 2.33. The Balaban J connectivity index is 2.67. The summed E-state index contributed by atoms with van der Waals surface area (Å²) in [6.07, 6.45) is -10.6. The highest BCUT2D eigenvalue weighted by atomic mass is 19.4. The molecule has 0 fully saturated rings. The van der Waals surface area contributed by atoms with Crippen molar-refractivity contribution in [1.29, 1.82) is 0 Å². The summed E-state index contributed by atoms with van der Waals surface area (Å²) in [4.78, 5) is 11.0. The molecule has 1 aliphatic heterocycles. The predicted molar refractivity (Wildman–Crippen MR) is 62.9 cm³/mol. The number of alkyl halides is 6. The largest absolute Gasteiger partial charge is 0.441 e. The van der Waals surface area contributed by atoms with Gasteiger partial charge in [0.1, 0.15) is 6.54 Å². The van der Waals surface area contributed by atoms with Crippen molar-refractivity contribution in [3.05, 3.63) is 29.3 Å². The lowest BCUT2D eigenvalue weighted by atomic mass is 9.94. The molecule has 1 aliphatic rings. The Morgan fingerprint density at radius 2 is 1.82 bits per heavy atom. The number of hydrogen-bond acceptors (Lipinski definition) is 2. The molecule has 0 aliphatic carbocycles. The lowest BCUT2D eigenvalue weighted by molar-refractivity contribution is -0.323. The van der Waals surface area contributed by atoms with E-state index < -0.39 is 46.8 Å². The van der Waals surface area contributed by atoms with Crippen molar-refractivity contribution in [1.82, 2.24) is 4.90 Å². The maximum Gasteiger partial charge on any atom is 0.441 e. The van der Waals surface area contributed by atoms with Gasteiger partial charge in [-0.25, -0.2) is 4.79 Å². The molecule has 1 heterocycles. The van der Waals surface area contributed by atoms with Gasteiger partial charge in [0.05, 0.1) is 5.69 Å². The second-order valence-electron chi connectivity index (χ2n) is 4.85. The minimum atomic E-state index is -5.52. The minimum Gasteiger partial charge on any atom is -0.360 e. The molecular weight excluding hydrogens is 318 g/mol. The first-order chi connectivity index (χ1) is 9.86. The molecule has 0 saturated carbocycles. The molecule has 22 heavy (non-hydrogen) atoms. The minimum absolute atomic E-state index is 0.282. The Kier molecular flexibility index (Phi) is 3.55. The summed E-state index contributed by atoms with van der Waals surface area (Å²) in [5, 5.41) is 11.9. The number of fused-ring (bicyclic) bond motifs is 1. The van der Waals surface area contributed by atoms with E-state index in [0.29, 0.717) is 0 Å². The average molecular weight is 328 g/mol. The summed E-state index contributed by atoms with van der Waals surface area (Å²) in [6, 6.07) is 1.64. The molecule has 0 bridgehead atoms. The molecule has 2 amide bonds. The number of hydrogen-bond donors (Lipinski definition) is 2. The van der Waals surface area contributed by atoms with E-state index in [1.807, 2.05) is 5.32 Å². The second kappa shape index (κ2) is 4.77. The number of anilines is 1. The Hall–Kier alpha value is -1.97. The number of benzene rings is 1. The van der Waals surface area contributed by atoms with Gasteiger partial charge in [-0.1, -0.05) is 11.6 Å². The van der Waals surface area contributed by atoms with Crippen LogP contribution in [0.15, 0.2) is 18.2 Å². The van der Waals surface area contributed by atoms with E-state index in [4.69, 9.17) is 0 Å². The molecule has 1 aromatic carbocycles. The van der Waals surface area contributed by atoms with Crippen molar-refractivity contribution >= 4 is 11.7 Å². The van der Waals surface area contributed by atoms with Crippen LogP contribution < -0.4 is 5.32 Å². The number of nitrogens with zero attached hydrogens (tertiary/aromatic N) is 1. The van der Waals surface area contributed by atoms with Gasteiger partial charge in [0.2, 0.25) is 0 Å². The molecule has 1 aromatic rings. The fourth-order valence-corrected chi connectivity index (χ4v) is 2.20. The summed E-state index contributed by atoms with van der Waals surface area (Å²) in [6.45, 7) is -0.843. The predicted octanol–water partition coefficient (Wildman–Crippen LogP) is 3.11. The molecule has 2 N–H and O–H groups in total. The quantitative estimate of drug-likeness (QED) is 0.779. The van der Waals surface area contributed by atoms with Crippen LogP contribution in [0.1, 0.15) is 11.1 Å². The third-order valence-corrected chi connectivity index (χ3v) is 3.16. The first kappa shape index (κ1) is 16.4. The zero-order chi connectivity index (χ0) is 16.9. The zero-order valence-electron chi connectivity index (χ0n) is 11.0. The van der Waals surface area contributed by atoms with E-state index in [1.165, 1.54) is 13.0 Å². The van der Waals surface area contributed by atoms with Crippen LogP contribution in [0.25, 0.3) is 0 Å². The topological polar surface area (TPSA) is 52.6 Å². The van der Waals surface area contributed by atoms with E-state index in [2.05, 4.69) is 0 Å². The Labute approximate surface area is 120 Å². The standard InChI is InChI=1S/C12H10F6N2O2/c1-6-2-3-8-7(4-6)11(22,12(16,17)18)20(9(21)19-8)5-10(13,14)15/h2-4,22H,5H2,1H3,(H,19,21). The lowest BCUT2D eigenvalue weighted by Crippen LogP contribution is -2.64. The number of urea groups is 1. The van der Waals surface area contributed by atoms with Crippen LogP contribution >= 0.6 is 0 Å². The van der Waals surface area contributed by atoms with E-state index in [9.17, 15) is 36.2 Å². The molecule has 10 heteroatoms. The van der Waals surface area contributed by atoms with Crippen LogP contribution in [0.2, 0.25) is 0 Å². The highest BCUT2D eigenvalue weighted by molar-refractivity contribution is 5.93. The number of nitrogens with one attached hydrogen (secondary N) is 1. The molecule has 0 saturated heterocycles. The summed E-state index contributed by atoms with van der Waals surface area (Å²) in [5.74, 6) is 0. The highest BCUT2D eigenvalue weighted by Gasteiger charge is 2.64. The monoisotopic (exact) mass is 328 g/mol. The van der Waals surface area contributed by atoms with Crippen LogP contribution in [0.3, 0.4) is 0 Å². The lowest BCUT2D eigenvalue weighted by Gasteiger charge is -2.44. The molecule has 1 unspecified atom stereocenters. The van der Waals surface area contributed by atoms with Crippen molar-refractivity contribution in [2.75, 3.05) is 11.9 Å². The summed E-state index contributed by atoms with van der Waals surface area (Å²) < 4.78 is 77.4. The number of carbonyl (C=O) groups excluding carboxylic acids is 1. The smallest absolute Gasteiger partial charge is 0.360 e. The van der Waals surface area contributed by atoms with Crippen LogP contribution in [0, 0.1) is 6.92 Å². The number of halogens is 6. The molecule has 0 aromatic heterocycles. The van der Waals surface area contributed by atoms with Crippen molar-refractivity contribution in [2.45, 2.75) is 25.0 Å². The molecular formula is C12H10F6N2O2. The molecule has 122 valence electrons. The number of amides is 2. The first-order valence-electron chi connectivity index (χ1n) is 5.92. The van der Waals surface area contributed by atoms with Crippen molar-refractivity contribution in [3.63, 3.8) is 0 Å². The van der Waals surface area contributed by atoms with Gasteiger partial charge in [0.25, 0.3) is 5.72 Å². The normalized spacial score (nSPS) is 22.4. The van der Waals surface area contributed by atoms with Crippen LogP contribution in [0.5, 0.6) is 0 Å². The zero-order valence-corrected chi connectivity index (χ0v) is 11.0. The molecule has 0 radical (unpaired) electrons. The van der Waals surface area contributed by atoms with E-state index in [1.54, 1.807) is 0 Å². The molecule has 1 atom stereocenters. The number of rotatable bonds is 1. The number of aryl methyl sites for hydroxylation is 1. The van der Waals surface area contributed by atoms with E-state index >= 15 is 0 Å². The molecule has 4 nitrogen and oxygen atoms in total. The number of aliphatic hydroxyl groups is 1. The van der Waals surface area contributed by atoms with Crippen LogP contribution in [0.4, 0.5) is 36.8 Å². The summed E-state index contributed by atoms with van der Waals surface area (Å²) in [5.41, 5.74) is -5.03. The van der Waals surface area contributed by atoms with Gasteiger partial charge in [0, 0.05) is 5.56 Å². The van der Waals surface area contributed by atoms with Crippen molar-refractivity contribution in [3.8, 4) is 0 Å². The van der Waals surface area contributed by atoms with Gasteiger partial charge >= 0.3 is 18.4 Å².